The molecule has 1 aliphatic carbocycles. The van der Waals surface area contributed by atoms with Gasteiger partial charge in [-0.05, 0) is 44.4 Å². The van der Waals surface area contributed by atoms with Crippen LogP contribution in [0.1, 0.15) is 63.0 Å². The van der Waals surface area contributed by atoms with Crippen LogP contribution < -0.4 is 5.56 Å². The van der Waals surface area contributed by atoms with Crippen molar-refractivity contribution in [1.82, 2.24) is 24.6 Å². The molecular weight excluding hydrogens is 394 g/mol. The maximum absolute atomic E-state index is 12.5. The summed E-state index contributed by atoms with van der Waals surface area (Å²) in [5.41, 5.74) is 2.74. The quantitative estimate of drug-likeness (QED) is 0.627. The van der Waals surface area contributed by atoms with E-state index < -0.39 is 0 Å². The van der Waals surface area contributed by atoms with Crippen LogP contribution >= 0.6 is 0 Å². The molecule has 3 heterocycles. The number of aromatic nitrogens is 4. The standard InChI is InChI=1S/C23H27N5O3/c1-3-10-27-19-9-8-15(11-18(19)24-14(2)23(27)30)21-25-22(31-26-21)16-12-20(29)28(13-16)17-6-4-5-7-17/h8-9,11,16-17H,3-7,10,12-13H2,1-2H3/t16-/m0/s1. The van der Waals surface area contributed by atoms with Crippen molar-refractivity contribution in [3.8, 4) is 11.4 Å². The summed E-state index contributed by atoms with van der Waals surface area (Å²) in [6, 6.07) is 6.05. The van der Waals surface area contributed by atoms with Crippen molar-refractivity contribution in [3.63, 3.8) is 0 Å². The first kappa shape index (κ1) is 19.9. The van der Waals surface area contributed by atoms with Gasteiger partial charge in [0.15, 0.2) is 0 Å². The van der Waals surface area contributed by atoms with Gasteiger partial charge < -0.3 is 14.0 Å². The third-order valence-electron chi connectivity index (χ3n) is 6.53. The number of rotatable bonds is 5. The summed E-state index contributed by atoms with van der Waals surface area (Å²) in [6.45, 7) is 5.09. The van der Waals surface area contributed by atoms with Crippen molar-refractivity contribution in [2.45, 2.75) is 70.9 Å². The molecule has 5 rings (SSSR count). The van der Waals surface area contributed by atoms with Gasteiger partial charge in [0.2, 0.25) is 17.6 Å². The molecule has 1 amide bonds. The Balaban J connectivity index is 1.42. The summed E-state index contributed by atoms with van der Waals surface area (Å²) in [5.74, 6) is 1.14. The minimum atomic E-state index is -0.0540. The van der Waals surface area contributed by atoms with E-state index in [0.717, 1.165) is 35.9 Å². The number of nitrogens with zero attached hydrogens (tertiary/aromatic N) is 5. The first-order valence-corrected chi connectivity index (χ1v) is 11.2. The van der Waals surface area contributed by atoms with Crippen molar-refractivity contribution in [2.24, 2.45) is 0 Å². The average molecular weight is 422 g/mol. The number of benzene rings is 1. The zero-order valence-corrected chi connectivity index (χ0v) is 18.0. The number of fused-ring (bicyclic) bond motifs is 1. The van der Waals surface area contributed by atoms with Crippen LogP contribution in [-0.2, 0) is 11.3 Å². The topological polar surface area (TPSA) is 94.1 Å². The maximum Gasteiger partial charge on any atom is 0.272 e. The number of hydrogen-bond donors (Lipinski definition) is 0. The lowest BCUT2D eigenvalue weighted by molar-refractivity contribution is -0.129. The Morgan fingerprint density at radius 2 is 1.97 bits per heavy atom. The minimum Gasteiger partial charge on any atom is -0.339 e. The Bertz CT molecular complexity index is 1190. The molecule has 2 aromatic heterocycles. The number of carbonyl (C=O) groups excluding carboxylic acids is 1. The second-order valence-corrected chi connectivity index (χ2v) is 8.70. The molecule has 2 fully saturated rings. The van der Waals surface area contributed by atoms with E-state index in [-0.39, 0.29) is 17.4 Å². The fraction of sp³-hybridized carbons (Fsp3) is 0.522. The zero-order chi connectivity index (χ0) is 21.5. The maximum atomic E-state index is 12.5. The molecule has 3 aromatic rings. The first-order chi connectivity index (χ1) is 15.0. The molecule has 1 atom stereocenters. The monoisotopic (exact) mass is 421 g/mol. The molecule has 1 aliphatic heterocycles. The zero-order valence-electron chi connectivity index (χ0n) is 18.0. The van der Waals surface area contributed by atoms with Crippen LogP contribution in [0.25, 0.3) is 22.4 Å². The van der Waals surface area contributed by atoms with Crippen molar-refractivity contribution in [3.05, 3.63) is 40.1 Å². The van der Waals surface area contributed by atoms with E-state index in [2.05, 4.69) is 15.1 Å². The molecule has 2 aliphatic rings. The number of amides is 1. The minimum absolute atomic E-state index is 0.0510. The summed E-state index contributed by atoms with van der Waals surface area (Å²) < 4.78 is 7.33. The van der Waals surface area contributed by atoms with E-state index in [1.807, 2.05) is 30.0 Å². The lowest BCUT2D eigenvalue weighted by atomic mass is 10.1. The third-order valence-corrected chi connectivity index (χ3v) is 6.53. The van der Waals surface area contributed by atoms with E-state index >= 15 is 0 Å². The number of likely N-dealkylation sites (tertiary alicyclic amines) is 1. The molecule has 0 radical (unpaired) electrons. The van der Waals surface area contributed by atoms with Crippen LogP contribution in [0.4, 0.5) is 0 Å². The number of hydrogen-bond acceptors (Lipinski definition) is 6. The summed E-state index contributed by atoms with van der Waals surface area (Å²) in [5, 5.41) is 4.17. The lowest BCUT2D eigenvalue weighted by Crippen LogP contribution is -2.34. The highest BCUT2D eigenvalue weighted by molar-refractivity contribution is 5.81. The largest absolute Gasteiger partial charge is 0.339 e. The van der Waals surface area contributed by atoms with Crippen LogP contribution in [0.5, 0.6) is 0 Å². The van der Waals surface area contributed by atoms with Gasteiger partial charge in [-0.3, -0.25) is 9.59 Å². The molecule has 1 aromatic carbocycles. The van der Waals surface area contributed by atoms with E-state index in [4.69, 9.17) is 4.52 Å². The van der Waals surface area contributed by atoms with E-state index in [1.165, 1.54) is 12.8 Å². The molecule has 1 saturated carbocycles. The highest BCUT2D eigenvalue weighted by Crippen LogP contribution is 2.34. The Morgan fingerprint density at radius 3 is 2.74 bits per heavy atom. The first-order valence-electron chi connectivity index (χ1n) is 11.2. The molecule has 8 heteroatoms. The summed E-state index contributed by atoms with van der Waals surface area (Å²) >= 11 is 0. The molecule has 0 bridgehead atoms. The van der Waals surface area contributed by atoms with Gasteiger partial charge in [-0.2, -0.15) is 4.98 Å². The van der Waals surface area contributed by atoms with Gasteiger partial charge in [-0.15, -0.1) is 0 Å². The molecular formula is C23H27N5O3. The van der Waals surface area contributed by atoms with Crippen LogP contribution in [-0.4, -0.2) is 43.1 Å². The Kier molecular flexibility index (Phi) is 5.08. The normalized spacial score (nSPS) is 19.7. The Hall–Kier alpha value is -3.03. The van der Waals surface area contributed by atoms with Crippen molar-refractivity contribution in [1.29, 1.82) is 0 Å². The van der Waals surface area contributed by atoms with Gasteiger partial charge in [0, 0.05) is 31.1 Å². The molecule has 1 saturated heterocycles. The third kappa shape index (κ3) is 3.54. The highest BCUT2D eigenvalue weighted by atomic mass is 16.5. The number of carbonyl (C=O) groups is 1. The molecule has 162 valence electrons. The van der Waals surface area contributed by atoms with Crippen LogP contribution in [0.3, 0.4) is 0 Å². The molecule has 8 nitrogen and oxygen atoms in total. The van der Waals surface area contributed by atoms with Gasteiger partial charge in [-0.1, -0.05) is 24.9 Å². The van der Waals surface area contributed by atoms with Crippen molar-refractivity contribution in [2.75, 3.05) is 6.54 Å². The summed E-state index contributed by atoms with van der Waals surface area (Å²) in [4.78, 5) is 36.1. The second kappa shape index (κ2) is 7.90. The number of aryl methyl sites for hydroxylation is 2. The van der Waals surface area contributed by atoms with Gasteiger partial charge >= 0.3 is 0 Å². The predicted molar refractivity (Wildman–Crippen MR) is 116 cm³/mol. The van der Waals surface area contributed by atoms with Crippen molar-refractivity contribution >= 4 is 16.9 Å². The smallest absolute Gasteiger partial charge is 0.272 e. The molecule has 0 unspecified atom stereocenters. The fourth-order valence-corrected chi connectivity index (χ4v) is 4.94. The predicted octanol–water partition coefficient (Wildman–Crippen LogP) is 3.42. The summed E-state index contributed by atoms with van der Waals surface area (Å²) in [7, 11) is 0. The van der Waals surface area contributed by atoms with Gasteiger partial charge in [0.1, 0.15) is 5.69 Å². The molecule has 0 spiro atoms. The average Bonchev–Trinajstić information content (AvgIpc) is 3.51. The SMILES string of the molecule is CCCn1c(=O)c(C)nc2cc(-c3noc([C@H]4CC(=O)N(C5CCCC5)C4)n3)ccc21. The Labute approximate surface area is 180 Å². The molecule has 0 N–H and O–H groups in total. The summed E-state index contributed by atoms with van der Waals surface area (Å²) in [6.07, 6.45) is 5.89. The fourth-order valence-electron chi connectivity index (χ4n) is 4.94. The second-order valence-electron chi connectivity index (χ2n) is 8.70. The van der Waals surface area contributed by atoms with Crippen LogP contribution in [0.15, 0.2) is 27.5 Å². The van der Waals surface area contributed by atoms with Crippen LogP contribution in [0, 0.1) is 6.92 Å². The van der Waals surface area contributed by atoms with E-state index in [0.29, 0.717) is 43.0 Å². The van der Waals surface area contributed by atoms with E-state index in [1.54, 1.807) is 11.5 Å². The van der Waals surface area contributed by atoms with Gasteiger partial charge in [0.05, 0.1) is 17.0 Å². The van der Waals surface area contributed by atoms with Crippen molar-refractivity contribution < 1.29 is 9.32 Å². The van der Waals surface area contributed by atoms with Gasteiger partial charge in [-0.25, -0.2) is 4.98 Å². The molecule has 31 heavy (non-hydrogen) atoms. The van der Waals surface area contributed by atoms with Crippen LogP contribution in [0.2, 0.25) is 0 Å². The van der Waals surface area contributed by atoms with E-state index in [9.17, 15) is 9.59 Å². The highest BCUT2D eigenvalue weighted by Gasteiger charge is 2.38. The lowest BCUT2D eigenvalue weighted by Gasteiger charge is -2.23. The Morgan fingerprint density at radius 1 is 1.16 bits per heavy atom. The van der Waals surface area contributed by atoms with Gasteiger partial charge in [0.25, 0.3) is 5.56 Å².